The van der Waals surface area contributed by atoms with Gasteiger partial charge in [0.2, 0.25) is 0 Å². The highest BCUT2D eigenvalue weighted by molar-refractivity contribution is 7.93. The zero-order valence-corrected chi connectivity index (χ0v) is 17.9. The highest BCUT2D eigenvalue weighted by Gasteiger charge is 2.34. The number of sulfonamides is 1. The molecular weight excluding hydrogens is 480 g/mol. The molecule has 0 bridgehead atoms. The predicted octanol–water partition coefficient (Wildman–Crippen LogP) is 4.12. The fourth-order valence-electron chi connectivity index (χ4n) is 2.59. The van der Waals surface area contributed by atoms with Crippen molar-refractivity contribution in [3.05, 3.63) is 71.0 Å². The number of hydrogen-bond acceptors (Lipinski definition) is 6. The molecule has 13 heteroatoms. The number of halogens is 4. The zero-order valence-electron chi connectivity index (χ0n) is 15.4. The first kappa shape index (κ1) is 23.2. The molecule has 0 fully saturated rings. The number of benzene rings is 2. The van der Waals surface area contributed by atoms with Crippen LogP contribution in [0.25, 0.3) is 0 Å². The smallest absolute Gasteiger partial charge is 0.255 e. The molecule has 0 radical (unpaired) electrons. The topological polar surface area (TPSA) is 93.2 Å². The predicted molar refractivity (Wildman–Crippen MR) is 107 cm³/mol. The van der Waals surface area contributed by atoms with E-state index in [1.165, 1.54) is 6.20 Å². The molecule has 0 aliphatic carbocycles. The van der Waals surface area contributed by atoms with E-state index in [0.717, 1.165) is 41.7 Å². The summed E-state index contributed by atoms with van der Waals surface area (Å²) in [6.07, 6.45) is -3.76. The lowest BCUT2D eigenvalue weighted by Crippen LogP contribution is -2.14. The first-order valence-corrected chi connectivity index (χ1v) is 12.5. The van der Waals surface area contributed by atoms with Crippen LogP contribution in [-0.2, 0) is 32.5 Å². The first-order valence-electron chi connectivity index (χ1n) is 8.49. The molecule has 3 rings (SSSR count). The van der Waals surface area contributed by atoms with Gasteiger partial charge in [0.1, 0.15) is 5.82 Å². The van der Waals surface area contributed by atoms with E-state index in [4.69, 9.17) is 0 Å². The minimum atomic E-state index is -4.90. The molecule has 0 aliphatic rings. The molecule has 0 spiro atoms. The van der Waals surface area contributed by atoms with Gasteiger partial charge < -0.3 is 0 Å². The number of anilines is 1. The second kappa shape index (κ2) is 8.55. The molecular formula is C18H14F4N2O4S3. The van der Waals surface area contributed by atoms with E-state index in [-0.39, 0.29) is 26.9 Å². The second-order valence-corrected chi connectivity index (χ2v) is 11.0. The summed E-state index contributed by atoms with van der Waals surface area (Å²) < 4.78 is 104. The molecule has 1 N–H and O–H groups in total. The molecule has 0 atom stereocenters. The van der Waals surface area contributed by atoms with Crippen LogP contribution in [0, 0.1) is 5.82 Å². The van der Waals surface area contributed by atoms with Crippen LogP contribution in [0.3, 0.4) is 0 Å². The fourth-order valence-corrected chi connectivity index (χ4v) is 5.67. The lowest BCUT2D eigenvalue weighted by atomic mass is 10.1. The first-order chi connectivity index (χ1) is 14.4. The standard InChI is InChI=1S/C18H14F4N2O4S3/c19-16-6-1-12(11-15(16)18(20,21)22)7-10-30(25,26)13-2-4-14(5-3-13)31(27,28)24-17-23-8-9-29-17/h1-6,8-9,11H,7,10H2,(H,23,24). The Kier molecular flexibility index (Phi) is 6.39. The van der Waals surface area contributed by atoms with Gasteiger partial charge in [0.25, 0.3) is 10.0 Å². The van der Waals surface area contributed by atoms with Gasteiger partial charge in [-0.25, -0.2) is 26.2 Å². The number of thiazole rings is 1. The van der Waals surface area contributed by atoms with Crippen LogP contribution < -0.4 is 4.72 Å². The summed E-state index contributed by atoms with van der Waals surface area (Å²) in [7, 11) is -7.89. The third-order valence-electron chi connectivity index (χ3n) is 4.14. The number of alkyl halides is 3. The van der Waals surface area contributed by atoms with Crippen molar-refractivity contribution in [1.29, 1.82) is 0 Å². The highest BCUT2D eigenvalue weighted by atomic mass is 32.2. The lowest BCUT2D eigenvalue weighted by molar-refractivity contribution is -0.140. The Morgan fingerprint density at radius 1 is 0.968 bits per heavy atom. The van der Waals surface area contributed by atoms with Crippen LogP contribution in [0.2, 0.25) is 0 Å². The van der Waals surface area contributed by atoms with Gasteiger partial charge in [0.15, 0.2) is 15.0 Å². The molecule has 0 aliphatic heterocycles. The van der Waals surface area contributed by atoms with E-state index >= 15 is 0 Å². The summed E-state index contributed by atoms with van der Waals surface area (Å²) in [5, 5.41) is 1.72. The average Bonchev–Trinajstić information content (AvgIpc) is 3.19. The van der Waals surface area contributed by atoms with Crippen LogP contribution in [0.4, 0.5) is 22.7 Å². The van der Waals surface area contributed by atoms with Crippen molar-refractivity contribution >= 4 is 36.3 Å². The SMILES string of the molecule is O=S(=O)(CCc1ccc(F)c(C(F)(F)F)c1)c1ccc(S(=O)(=O)Nc2nccs2)cc1. The van der Waals surface area contributed by atoms with Gasteiger partial charge in [-0.15, -0.1) is 11.3 Å². The molecule has 2 aromatic carbocycles. The van der Waals surface area contributed by atoms with Crippen molar-refractivity contribution in [2.45, 2.75) is 22.4 Å². The molecule has 0 saturated heterocycles. The van der Waals surface area contributed by atoms with Crippen LogP contribution in [0.15, 0.2) is 63.8 Å². The van der Waals surface area contributed by atoms with E-state index < -0.39 is 43.2 Å². The molecule has 0 unspecified atom stereocenters. The molecule has 3 aromatic rings. The molecule has 0 amide bonds. The van der Waals surface area contributed by atoms with Gasteiger partial charge in [-0.2, -0.15) is 13.2 Å². The third-order valence-corrected chi connectivity index (χ3v) is 8.05. The zero-order chi connectivity index (χ0) is 22.9. The average molecular weight is 495 g/mol. The van der Waals surface area contributed by atoms with Crippen molar-refractivity contribution in [3.8, 4) is 0 Å². The van der Waals surface area contributed by atoms with Crippen LogP contribution in [0.1, 0.15) is 11.1 Å². The Bertz CT molecular complexity index is 1270. The third kappa shape index (κ3) is 5.60. The van der Waals surface area contributed by atoms with Crippen molar-refractivity contribution in [2.24, 2.45) is 0 Å². The molecule has 166 valence electrons. The molecule has 6 nitrogen and oxygen atoms in total. The van der Waals surface area contributed by atoms with E-state index in [1.54, 1.807) is 5.38 Å². The summed E-state index contributed by atoms with van der Waals surface area (Å²) in [6, 6.07) is 6.69. The van der Waals surface area contributed by atoms with Gasteiger partial charge in [-0.3, -0.25) is 4.72 Å². The van der Waals surface area contributed by atoms with Gasteiger partial charge in [0, 0.05) is 11.6 Å². The maximum absolute atomic E-state index is 13.4. The minimum absolute atomic E-state index is 0.00384. The van der Waals surface area contributed by atoms with Gasteiger partial charge in [-0.05, 0) is 48.4 Å². The summed E-state index contributed by atoms with van der Waals surface area (Å²) in [4.78, 5) is 3.42. The number of aromatic nitrogens is 1. The van der Waals surface area contributed by atoms with Crippen molar-refractivity contribution in [3.63, 3.8) is 0 Å². The quantitative estimate of drug-likeness (QED) is 0.499. The lowest BCUT2D eigenvalue weighted by Gasteiger charge is -2.11. The van der Waals surface area contributed by atoms with Crippen molar-refractivity contribution in [1.82, 2.24) is 4.98 Å². The highest BCUT2D eigenvalue weighted by Crippen LogP contribution is 2.32. The summed E-state index contributed by atoms with van der Waals surface area (Å²) in [5.74, 6) is -1.98. The Balaban J connectivity index is 1.74. The minimum Gasteiger partial charge on any atom is -0.255 e. The van der Waals surface area contributed by atoms with Crippen LogP contribution >= 0.6 is 11.3 Å². The number of aryl methyl sites for hydroxylation is 1. The second-order valence-electron chi connectivity index (χ2n) is 6.29. The maximum atomic E-state index is 13.4. The summed E-state index contributed by atoms with van der Waals surface area (Å²) in [5.41, 5.74) is -1.46. The molecule has 1 heterocycles. The summed E-state index contributed by atoms with van der Waals surface area (Å²) >= 11 is 1.07. The Hall–Kier alpha value is -2.51. The van der Waals surface area contributed by atoms with Gasteiger partial charge in [0.05, 0.1) is 21.1 Å². The molecule has 1 aromatic heterocycles. The van der Waals surface area contributed by atoms with Crippen molar-refractivity contribution in [2.75, 3.05) is 10.5 Å². The van der Waals surface area contributed by atoms with E-state index in [1.807, 2.05) is 0 Å². The van der Waals surface area contributed by atoms with Gasteiger partial charge in [-0.1, -0.05) is 6.07 Å². The number of nitrogens with zero attached hydrogens (tertiary/aromatic N) is 1. The number of rotatable bonds is 7. The monoisotopic (exact) mass is 494 g/mol. The normalized spacial score (nSPS) is 12.6. The van der Waals surface area contributed by atoms with E-state index in [2.05, 4.69) is 9.71 Å². The van der Waals surface area contributed by atoms with E-state index in [9.17, 15) is 34.4 Å². The maximum Gasteiger partial charge on any atom is 0.419 e. The van der Waals surface area contributed by atoms with Crippen LogP contribution in [0.5, 0.6) is 0 Å². The largest absolute Gasteiger partial charge is 0.419 e. The van der Waals surface area contributed by atoms with Crippen LogP contribution in [-0.4, -0.2) is 27.6 Å². The van der Waals surface area contributed by atoms with E-state index in [0.29, 0.717) is 12.1 Å². The molecule has 0 saturated carbocycles. The van der Waals surface area contributed by atoms with Gasteiger partial charge >= 0.3 is 6.18 Å². The molecule has 31 heavy (non-hydrogen) atoms. The Morgan fingerprint density at radius 3 is 2.19 bits per heavy atom. The number of nitrogens with one attached hydrogen (secondary N) is 1. The fraction of sp³-hybridized carbons (Fsp3) is 0.167. The number of hydrogen-bond donors (Lipinski definition) is 1. The van der Waals surface area contributed by atoms with Crippen molar-refractivity contribution < 1.29 is 34.4 Å². The summed E-state index contributed by atoms with van der Waals surface area (Å²) in [6.45, 7) is 0. The Morgan fingerprint density at radius 2 is 1.61 bits per heavy atom. The number of sulfone groups is 1. The Labute approximate surface area is 179 Å².